The van der Waals surface area contributed by atoms with Crippen LogP contribution in [0.2, 0.25) is 0 Å². The minimum absolute atomic E-state index is 0.207. The number of aromatic nitrogens is 2. The quantitative estimate of drug-likeness (QED) is 0.757. The molecule has 1 saturated heterocycles. The maximum absolute atomic E-state index is 11.2. The van der Waals surface area contributed by atoms with Gasteiger partial charge in [-0.25, -0.2) is 0 Å². The zero-order valence-electron chi connectivity index (χ0n) is 7.93. The van der Waals surface area contributed by atoms with Crippen molar-refractivity contribution in [3.05, 3.63) is 11.1 Å². The van der Waals surface area contributed by atoms with Gasteiger partial charge in [0.25, 0.3) is 0 Å². The van der Waals surface area contributed by atoms with Gasteiger partial charge in [0.1, 0.15) is 0 Å². The molecule has 1 fully saturated rings. The molecule has 1 unspecified atom stereocenters. The molecule has 2 heterocycles. The number of nitrogens with zero attached hydrogens (tertiary/aromatic N) is 3. The van der Waals surface area contributed by atoms with Crippen LogP contribution >= 0.6 is 11.5 Å². The van der Waals surface area contributed by atoms with Crippen LogP contribution in [0.1, 0.15) is 12.1 Å². The number of amides is 1. The zero-order valence-corrected chi connectivity index (χ0v) is 8.75. The van der Waals surface area contributed by atoms with Crippen LogP contribution in [0.3, 0.4) is 0 Å². The van der Waals surface area contributed by atoms with Gasteiger partial charge in [-0.15, -0.1) is 5.10 Å². The highest BCUT2D eigenvalue weighted by Crippen LogP contribution is 2.09. The molecular formula is C8H12N4OS. The van der Waals surface area contributed by atoms with Gasteiger partial charge in [-0.3, -0.25) is 4.79 Å². The number of likely N-dealkylation sites (N-methyl/N-ethyl adjacent to an activating group) is 1. The van der Waals surface area contributed by atoms with E-state index < -0.39 is 0 Å². The highest BCUT2D eigenvalue weighted by atomic mass is 32.1. The number of nitrogens with one attached hydrogen (secondary N) is 1. The summed E-state index contributed by atoms with van der Waals surface area (Å²) in [7, 11) is 1.83. The Kier molecular flexibility index (Phi) is 2.74. The number of carbonyl (C=O) groups excluding carboxylic acids is 1. The van der Waals surface area contributed by atoms with Crippen molar-refractivity contribution >= 4 is 17.4 Å². The van der Waals surface area contributed by atoms with Gasteiger partial charge >= 0.3 is 0 Å². The second-order valence-corrected chi connectivity index (χ2v) is 4.06. The van der Waals surface area contributed by atoms with Gasteiger partial charge in [-0.1, -0.05) is 4.49 Å². The van der Waals surface area contributed by atoms with Gasteiger partial charge in [0.2, 0.25) is 5.91 Å². The molecule has 0 spiro atoms. The summed E-state index contributed by atoms with van der Waals surface area (Å²) in [5.74, 6) is 0.207. The van der Waals surface area contributed by atoms with Crippen molar-refractivity contribution in [3.63, 3.8) is 0 Å². The lowest BCUT2D eigenvalue weighted by atomic mass is 10.2. The molecule has 1 aliphatic rings. The third-order valence-electron chi connectivity index (χ3n) is 2.32. The Morgan fingerprint density at radius 3 is 3.21 bits per heavy atom. The Labute approximate surface area is 86.3 Å². The molecule has 1 amide bonds. The predicted octanol–water partition coefficient (Wildman–Crippen LogP) is -0.142. The van der Waals surface area contributed by atoms with Crippen LogP contribution in [-0.4, -0.2) is 40.0 Å². The smallest absolute Gasteiger partial charge is 0.224 e. The maximum atomic E-state index is 11.2. The number of likely N-dealkylation sites (tertiary alicyclic amines) is 1. The SMILES string of the molecule is CN1CC(NCc2csnn2)CC1=O. The summed E-state index contributed by atoms with van der Waals surface area (Å²) in [6, 6.07) is 0.259. The molecule has 1 atom stereocenters. The van der Waals surface area contributed by atoms with Crippen LogP contribution in [0.5, 0.6) is 0 Å². The Hall–Kier alpha value is -1.01. The summed E-state index contributed by atoms with van der Waals surface area (Å²) in [6.45, 7) is 1.48. The van der Waals surface area contributed by atoms with E-state index in [1.165, 1.54) is 11.5 Å². The summed E-state index contributed by atoms with van der Waals surface area (Å²) in [4.78, 5) is 13.0. The molecule has 0 aromatic carbocycles. The Balaban J connectivity index is 1.80. The first kappa shape index (κ1) is 9.54. The van der Waals surface area contributed by atoms with Gasteiger partial charge in [0.05, 0.1) is 5.69 Å². The van der Waals surface area contributed by atoms with Crippen LogP contribution in [0.15, 0.2) is 5.38 Å². The zero-order chi connectivity index (χ0) is 9.97. The van der Waals surface area contributed by atoms with E-state index in [9.17, 15) is 4.79 Å². The summed E-state index contributed by atoms with van der Waals surface area (Å²) >= 11 is 1.34. The fourth-order valence-corrected chi connectivity index (χ4v) is 1.96. The van der Waals surface area contributed by atoms with Crippen molar-refractivity contribution in [3.8, 4) is 0 Å². The van der Waals surface area contributed by atoms with Gasteiger partial charge in [-0.2, -0.15) is 0 Å². The van der Waals surface area contributed by atoms with Crippen molar-refractivity contribution in [2.45, 2.75) is 19.0 Å². The van der Waals surface area contributed by atoms with Crippen LogP contribution < -0.4 is 5.32 Å². The van der Waals surface area contributed by atoms with Gasteiger partial charge < -0.3 is 10.2 Å². The average Bonchev–Trinajstić information content (AvgIpc) is 2.74. The first-order valence-electron chi connectivity index (χ1n) is 4.49. The number of hydrogen-bond acceptors (Lipinski definition) is 5. The first-order valence-corrected chi connectivity index (χ1v) is 5.32. The molecule has 0 bridgehead atoms. The van der Waals surface area contributed by atoms with Crippen LogP contribution in [-0.2, 0) is 11.3 Å². The second kappa shape index (κ2) is 4.02. The minimum Gasteiger partial charge on any atom is -0.344 e. The molecule has 0 aliphatic carbocycles. The first-order chi connectivity index (χ1) is 6.75. The topological polar surface area (TPSA) is 58.1 Å². The predicted molar refractivity (Wildman–Crippen MR) is 52.8 cm³/mol. The largest absolute Gasteiger partial charge is 0.344 e. The van der Waals surface area contributed by atoms with Crippen molar-refractivity contribution in [1.29, 1.82) is 0 Å². The summed E-state index contributed by atoms with van der Waals surface area (Å²) in [5.41, 5.74) is 0.942. The van der Waals surface area contributed by atoms with E-state index in [1.807, 2.05) is 12.4 Å². The van der Waals surface area contributed by atoms with E-state index in [0.717, 1.165) is 12.2 Å². The molecule has 6 heteroatoms. The molecule has 76 valence electrons. The summed E-state index contributed by atoms with van der Waals surface area (Å²) in [6.07, 6.45) is 0.591. The van der Waals surface area contributed by atoms with E-state index in [1.54, 1.807) is 4.90 Å². The standard InChI is InChI=1S/C8H12N4OS/c1-12-4-6(2-8(12)13)9-3-7-5-14-11-10-7/h5-6,9H,2-4H2,1H3. The fourth-order valence-electron chi connectivity index (χ4n) is 1.51. The molecule has 14 heavy (non-hydrogen) atoms. The van der Waals surface area contributed by atoms with Crippen molar-refractivity contribution < 1.29 is 4.79 Å². The lowest BCUT2D eigenvalue weighted by Crippen LogP contribution is -2.31. The van der Waals surface area contributed by atoms with Crippen molar-refractivity contribution in [2.75, 3.05) is 13.6 Å². The van der Waals surface area contributed by atoms with E-state index in [2.05, 4.69) is 14.9 Å². The lowest BCUT2D eigenvalue weighted by molar-refractivity contribution is -0.126. The van der Waals surface area contributed by atoms with Gasteiger partial charge in [-0.05, 0) is 11.5 Å². The molecule has 1 N–H and O–H groups in total. The Morgan fingerprint density at radius 2 is 2.64 bits per heavy atom. The fraction of sp³-hybridized carbons (Fsp3) is 0.625. The average molecular weight is 212 g/mol. The van der Waals surface area contributed by atoms with Crippen LogP contribution in [0.4, 0.5) is 0 Å². The molecule has 0 radical (unpaired) electrons. The minimum atomic E-state index is 0.207. The molecular weight excluding hydrogens is 200 g/mol. The molecule has 2 rings (SSSR count). The number of rotatable bonds is 3. The highest BCUT2D eigenvalue weighted by molar-refractivity contribution is 7.03. The Morgan fingerprint density at radius 1 is 1.79 bits per heavy atom. The highest BCUT2D eigenvalue weighted by Gasteiger charge is 2.25. The Bertz CT molecular complexity index is 313. The third-order valence-corrected chi connectivity index (χ3v) is 2.87. The number of carbonyl (C=O) groups is 1. The third kappa shape index (κ3) is 2.08. The maximum Gasteiger partial charge on any atom is 0.224 e. The van der Waals surface area contributed by atoms with Gasteiger partial charge in [0.15, 0.2) is 0 Å². The van der Waals surface area contributed by atoms with Gasteiger partial charge in [0, 0.05) is 38.0 Å². The van der Waals surface area contributed by atoms with E-state index >= 15 is 0 Å². The molecule has 1 aromatic rings. The summed E-state index contributed by atoms with van der Waals surface area (Å²) < 4.78 is 3.77. The summed E-state index contributed by atoms with van der Waals surface area (Å²) in [5, 5.41) is 9.12. The number of hydrogen-bond donors (Lipinski definition) is 1. The van der Waals surface area contributed by atoms with E-state index in [-0.39, 0.29) is 11.9 Å². The van der Waals surface area contributed by atoms with E-state index in [4.69, 9.17) is 0 Å². The van der Waals surface area contributed by atoms with Crippen LogP contribution in [0.25, 0.3) is 0 Å². The molecule has 1 aliphatic heterocycles. The molecule has 0 saturated carbocycles. The normalized spacial score (nSPS) is 21.9. The lowest BCUT2D eigenvalue weighted by Gasteiger charge is -2.10. The monoisotopic (exact) mass is 212 g/mol. The molecule has 5 nitrogen and oxygen atoms in total. The van der Waals surface area contributed by atoms with Crippen molar-refractivity contribution in [2.24, 2.45) is 0 Å². The second-order valence-electron chi connectivity index (χ2n) is 3.45. The van der Waals surface area contributed by atoms with Crippen LogP contribution in [0, 0.1) is 0 Å². The van der Waals surface area contributed by atoms with Crippen molar-refractivity contribution in [1.82, 2.24) is 19.8 Å². The molecule has 1 aromatic heterocycles. The van der Waals surface area contributed by atoms with E-state index in [0.29, 0.717) is 13.0 Å².